The molecular formula is C20H19N5O5S2. The highest BCUT2D eigenvalue weighted by Crippen LogP contribution is 2.35. The van der Waals surface area contributed by atoms with E-state index in [1.807, 2.05) is 16.3 Å². The molecule has 1 aliphatic rings. The number of carbonyl (C=O) groups is 1. The Morgan fingerprint density at radius 2 is 1.91 bits per heavy atom. The number of aliphatic carboxylic acids is 1. The third-order valence-electron chi connectivity index (χ3n) is 5.67. The Morgan fingerprint density at radius 3 is 2.56 bits per heavy atom. The number of hydrogen-bond donors (Lipinski definition) is 1. The van der Waals surface area contributed by atoms with Gasteiger partial charge in [0.15, 0.2) is 11.5 Å². The number of piperidine rings is 1. The van der Waals surface area contributed by atoms with Gasteiger partial charge in [-0.1, -0.05) is 5.21 Å². The summed E-state index contributed by atoms with van der Waals surface area (Å²) in [5, 5.41) is 19.0. The minimum absolute atomic E-state index is 0.0664. The van der Waals surface area contributed by atoms with Crippen molar-refractivity contribution in [1.82, 2.24) is 19.8 Å². The van der Waals surface area contributed by atoms with E-state index in [1.54, 1.807) is 12.1 Å². The van der Waals surface area contributed by atoms with Crippen molar-refractivity contribution in [1.29, 1.82) is 0 Å². The normalized spacial score (nSPS) is 15.5. The molecule has 0 amide bonds. The van der Waals surface area contributed by atoms with E-state index in [4.69, 9.17) is 4.74 Å². The quantitative estimate of drug-likeness (QED) is 0.465. The van der Waals surface area contributed by atoms with Crippen molar-refractivity contribution in [3.05, 3.63) is 35.7 Å². The van der Waals surface area contributed by atoms with Crippen molar-refractivity contribution >= 4 is 48.8 Å². The molecule has 4 heterocycles. The molecule has 0 atom stereocenters. The molecule has 1 fully saturated rings. The van der Waals surface area contributed by atoms with Crippen LogP contribution in [0, 0.1) is 5.92 Å². The lowest BCUT2D eigenvalue weighted by atomic mass is 9.97. The van der Waals surface area contributed by atoms with E-state index in [2.05, 4.69) is 15.3 Å². The van der Waals surface area contributed by atoms with Gasteiger partial charge in [0.05, 0.1) is 28.1 Å². The summed E-state index contributed by atoms with van der Waals surface area (Å²) < 4.78 is 34.0. The first-order chi connectivity index (χ1) is 15.4. The minimum atomic E-state index is -3.97. The highest BCUT2D eigenvalue weighted by Gasteiger charge is 2.30. The predicted molar refractivity (Wildman–Crippen MR) is 117 cm³/mol. The van der Waals surface area contributed by atoms with Gasteiger partial charge in [0.1, 0.15) is 5.75 Å². The summed E-state index contributed by atoms with van der Waals surface area (Å²) in [7, 11) is -2.46. The van der Waals surface area contributed by atoms with Crippen LogP contribution in [0.2, 0.25) is 0 Å². The topological polar surface area (TPSA) is 127 Å². The maximum atomic E-state index is 13.3. The highest BCUT2D eigenvalue weighted by molar-refractivity contribution is 7.91. The van der Waals surface area contributed by atoms with Crippen LogP contribution >= 0.6 is 11.3 Å². The van der Waals surface area contributed by atoms with Gasteiger partial charge in [-0.25, -0.2) is 13.4 Å². The average Bonchev–Trinajstić information content (AvgIpc) is 3.46. The van der Waals surface area contributed by atoms with Gasteiger partial charge < -0.3 is 14.7 Å². The zero-order chi connectivity index (χ0) is 22.5. The maximum absolute atomic E-state index is 13.3. The molecule has 1 aromatic carbocycles. The average molecular weight is 474 g/mol. The molecule has 0 spiro atoms. The molecule has 166 valence electrons. The summed E-state index contributed by atoms with van der Waals surface area (Å²) in [5.74, 6) is 0.000366. The van der Waals surface area contributed by atoms with E-state index in [9.17, 15) is 18.3 Å². The molecule has 0 radical (unpaired) electrons. The lowest BCUT2D eigenvalue weighted by molar-refractivity contribution is -0.142. The van der Waals surface area contributed by atoms with E-state index in [0.29, 0.717) is 43.0 Å². The first kappa shape index (κ1) is 20.6. The van der Waals surface area contributed by atoms with Crippen LogP contribution in [0.3, 0.4) is 0 Å². The fraction of sp³-hybridized carbons (Fsp3) is 0.300. The summed E-state index contributed by atoms with van der Waals surface area (Å²) in [6.07, 6.45) is 1.01. The van der Waals surface area contributed by atoms with Crippen LogP contribution in [-0.2, 0) is 14.6 Å². The monoisotopic (exact) mass is 473 g/mol. The summed E-state index contributed by atoms with van der Waals surface area (Å²) in [6.45, 7) is 1.05. The van der Waals surface area contributed by atoms with Crippen LogP contribution < -0.4 is 9.64 Å². The van der Waals surface area contributed by atoms with Crippen molar-refractivity contribution in [3.63, 3.8) is 0 Å². The molecule has 1 N–H and O–H groups in total. The number of rotatable bonds is 5. The van der Waals surface area contributed by atoms with Gasteiger partial charge in [-0.3, -0.25) is 4.79 Å². The summed E-state index contributed by atoms with van der Waals surface area (Å²) in [4.78, 5) is 18.1. The number of carboxylic acid groups (broad SMARTS) is 1. The Hall–Kier alpha value is -3.25. The van der Waals surface area contributed by atoms with Crippen molar-refractivity contribution in [3.8, 4) is 5.75 Å². The van der Waals surface area contributed by atoms with Gasteiger partial charge in [0.2, 0.25) is 14.9 Å². The van der Waals surface area contributed by atoms with E-state index >= 15 is 0 Å². The number of hydrogen-bond acceptors (Lipinski definition) is 9. The van der Waals surface area contributed by atoms with Crippen molar-refractivity contribution in [2.24, 2.45) is 5.92 Å². The van der Waals surface area contributed by atoms with Gasteiger partial charge in [0, 0.05) is 13.1 Å². The molecule has 12 heteroatoms. The maximum Gasteiger partial charge on any atom is 0.306 e. The number of nitrogens with zero attached hydrogens (tertiary/aromatic N) is 5. The van der Waals surface area contributed by atoms with Gasteiger partial charge in [-0.15, -0.1) is 16.4 Å². The van der Waals surface area contributed by atoms with E-state index in [-0.39, 0.29) is 21.5 Å². The van der Waals surface area contributed by atoms with Crippen molar-refractivity contribution in [2.75, 3.05) is 25.1 Å². The number of aromatic nitrogens is 4. The highest BCUT2D eigenvalue weighted by atomic mass is 32.2. The number of fused-ring (bicyclic) bond motifs is 3. The molecule has 5 rings (SSSR count). The number of carboxylic acids is 1. The van der Waals surface area contributed by atoms with Crippen LogP contribution in [0.5, 0.6) is 5.75 Å². The Morgan fingerprint density at radius 1 is 1.19 bits per heavy atom. The molecule has 0 aliphatic carbocycles. The van der Waals surface area contributed by atoms with Crippen LogP contribution in [0.15, 0.2) is 45.6 Å². The molecule has 3 aromatic heterocycles. The zero-order valence-corrected chi connectivity index (χ0v) is 18.6. The van der Waals surface area contributed by atoms with Crippen molar-refractivity contribution in [2.45, 2.75) is 22.8 Å². The number of thiophene rings is 1. The number of anilines is 1. The Bertz CT molecular complexity index is 1420. The van der Waals surface area contributed by atoms with E-state index in [1.165, 1.54) is 35.1 Å². The summed E-state index contributed by atoms with van der Waals surface area (Å²) in [5.41, 5.74) is 0.848. The van der Waals surface area contributed by atoms with Crippen molar-refractivity contribution < 1.29 is 23.1 Å². The smallest absolute Gasteiger partial charge is 0.306 e. The number of sulfone groups is 1. The number of ether oxygens (including phenoxy) is 1. The summed E-state index contributed by atoms with van der Waals surface area (Å²) >= 11 is 1.47. The second-order valence-electron chi connectivity index (χ2n) is 7.48. The van der Waals surface area contributed by atoms with Gasteiger partial charge in [-0.05, 0) is 48.6 Å². The first-order valence-corrected chi connectivity index (χ1v) is 12.3. The third-order valence-corrected chi connectivity index (χ3v) is 8.24. The molecule has 4 aromatic rings. The molecule has 0 unspecified atom stereocenters. The number of benzene rings is 1. The third kappa shape index (κ3) is 3.26. The van der Waals surface area contributed by atoms with Gasteiger partial charge >= 0.3 is 5.97 Å². The fourth-order valence-corrected chi connectivity index (χ4v) is 6.02. The largest absolute Gasteiger partial charge is 0.497 e. The van der Waals surface area contributed by atoms with Crippen LogP contribution in [-0.4, -0.2) is 59.5 Å². The molecule has 0 bridgehead atoms. The van der Waals surface area contributed by atoms with Crippen LogP contribution in [0.1, 0.15) is 12.8 Å². The fourth-order valence-electron chi connectivity index (χ4n) is 3.90. The second-order valence-corrected chi connectivity index (χ2v) is 10.3. The first-order valence-electron chi connectivity index (χ1n) is 9.89. The number of methoxy groups -OCH3 is 1. The van der Waals surface area contributed by atoms with E-state index in [0.717, 1.165) is 4.70 Å². The standard InChI is InChI=1S/C20H19N5O5S2/c1-30-13-2-4-14(5-3-13)32(28,29)19-18-21-17(24-9-6-12(7-10-24)20(26)27)16-15(8-11-31-16)25(18)23-22-19/h2-5,8,11-12H,6-7,9-10H2,1H3,(H,26,27). The SMILES string of the molecule is COc1ccc(S(=O)(=O)c2nnn3c2nc(N2CCC(C(=O)O)CC2)c2sccc23)cc1. The van der Waals surface area contributed by atoms with E-state index < -0.39 is 15.8 Å². The molecule has 1 aliphatic heterocycles. The second kappa shape index (κ2) is 7.71. The Balaban J connectivity index is 1.62. The lowest BCUT2D eigenvalue weighted by Crippen LogP contribution is -2.36. The molecule has 1 saturated heterocycles. The van der Waals surface area contributed by atoms with Crippen LogP contribution in [0.25, 0.3) is 15.9 Å². The Kier molecular flexibility index (Phi) is 4.97. The summed E-state index contributed by atoms with van der Waals surface area (Å²) in [6, 6.07) is 7.91. The lowest BCUT2D eigenvalue weighted by Gasteiger charge is -2.31. The molecule has 32 heavy (non-hydrogen) atoms. The Labute approximate surface area is 187 Å². The predicted octanol–water partition coefficient (Wildman–Crippen LogP) is 2.48. The molecular weight excluding hydrogens is 454 g/mol. The molecule has 0 saturated carbocycles. The van der Waals surface area contributed by atoms with Gasteiger partial charge in [0.25, 0.3) is 0 Å². The minimum Gasteiger partial charge on any atom is -0.497 e. The molecule has 10 nitrogen and oxygen atoms in total. The van der Waals surface area contributed by atoms with Gasteiger partial charge in [-0.2, -0.15) is 4.52 Å². The zero-order valence-electron chi connectivity index (χ0n) is 17.0. The van der Waals surface area contributed by atoms with Crippen LogP contribution in [0.4, 0.5) is 5.82 Å².